The second-order valence-electron chi connectivity index (χ2n) is 7.72. The monoisotopic (exact) mass is 377 g/mol. The molecule has 2 fully saturated rings. The molecule has 3 rings (SSSR count). The van der Waals surface area contributed by atoms with Gasteiger partial charge < -0.3 is 26.2 Å². The molecule has 2 aliphatic carbocycles. The smallest absolute Gasteiger partial charge is 0.254 e. The SMILES string of the molecule is CO[C@H]1CC[C@H](Nc2ncc(C(N)=O)c(N[C@H]3CC[C@@H](CO)CC3)n2)CC1. The zero-order valence-electron chi connectivity index (χ0n) is 16.0. The summed E-state index contributed by atoms with van der Waals surface area (Å²) in [6.07, 6.45) is 9.72. The van der Waals surface area contributed by atoms with Gasteiger partial charge in [-0.05, 0) is 57.3 Å². The van der Waals surface area contributed by atoms with Crippen LogP contribution in [0.4, 0.5) is 11.8 Å². The van der Waals surface area contributed by atoms with Gasteiger partial charge in [0.1, 0.15) is 5.82 Å². The maximum atomic E-state index is 11.8. The third kappa shape index (κ3) is 5.29. The number of hydrogen-bond donors (Lipinski definition) is 4. The number of nitrogens with two attached hydrogens (primary N) is 1. The lowest BCUT2D eigenvalue weighted by Gasteiger charge is -2.29. The molecule has 0 unspecified atom stereocenters. The lowest BCUT2D eigenvalue weighted by atomic mass is 9.86. The first-order valence-electron chi connectivity index (χ1n) is 9.92. The number of rotatable bonds is 7. The molecule has 0 aliphatic heterocycles. The van der Waals surface area contributed by atoms with Gasteiger partial charge in [0.25, 0.3) is 5.91 Å². The Labute approximate surface area is 160 Å². The molecule has 0 atom stereocenters. The number of nitrogens with zero attached hydrogens (tertiary/aromatic N) is 2. The Kier molecular flexibility index (Phi) is 6.84. The van der Waals surface area contributed by atoms with Crippen LogP contribution < -0.4 is 16.4 Å². The van der Waals surface area contributed by atoms with Gasteiger partial charge in [-0.15, -0.1) is 0 Å². The topological polar surface area (TPSA) is 122 Å². The average molecular weight is 377 g/mol. The predicted octanol–water partition coefficient (Wildman–Crippen LogP) is 1.91. The van der Waals surface area contributed by atoms with Crippen molar-refractivity contribution in [2.24, 2.45) is 11.7 Å². The Morgan fingerprint density at radius 3 is 2.37 bits per heavy atom. The molecule has 0 spiro atoms. The quantitative estimate of drug-likeness (QED) is 0.572. The zero-order chi connectivity index (χ0) is 19.2. The highest BCUT2D eigenvalue weighted by atomic mass is 16.5. The van der Waals surface area contributed by atoms with Crippen LogP contribution in [0.1, 0.15) is 61.7 Å². The summed E-state index contributed by atoms with van der Waals surface area (Å²) < 4.78 is 5.41. The van der Waals surface area contributed by atoms with E-state index in [1.807, 2.05) is 0 Å². The Morgan fingerprint density at radius 1 is 1.15 bits per heavy atom. The summed E-state index contributed by atoms with van der Waals surface area (Å²) in [5.74, 6) is 0.864. The minimum Gasteiger partial charge on any atom is -0.396 e. The summed E-state index contributed by atoms with van der Waals surface area (Å²) in [6, 6.07) is 0.537. The highest BCUT2D eigenvalue weighted by Gasteiger charge is 2.24. The Balaban J connectivity index is 1.65. The third-order valence-corrected chi connectivity index (χ3v) is 5.84. The predicted molar refractivity (Wildman–Crippen MR) is 104 cm³/mol. The van der Waals surface area contributed by atoms with Crippen LogP contribution in [0.3, 0.4) is 0 Å². The molecule has 0 radical (unpaired) electrons. The maximum absolute atomic E-state index is 11.8. The van der Waals surface area contributed by atoms with Crippen molar-refractivity contribution in [1.82, 2.24) is 9.97 Å². The number of aliphatic hydroxyl groups excluding tert-OH is 1. The number of nitrogens with one attached hydrogen (secondary N) is 2. The van der Waals surface area contributed by atoms with Crippen LogP contribution in [0.15, 0.2) is 6.20 Å². The van der Waals surface area contributed by atoms with Gasteiger partial charge in [0.15, 0.2) is 0 Å². The lowest BCUT2D eigenvalue weighted by Crippen LogP contribution is -2.31. The molecule has 0 saturated heterocycles. The molecule has 1 aromatic rings. The van der Waals surface area contributed by atoms with E-state index in [-0.39, 0.29) is 12.6 Å². The molecule has 5 N–H and O–H groups in total. The molecule has 1 aromatic heterocycles. The standard InChI is InChI=1S/C19H31N5O3/c1-27-15-8-6-14(7-9-15)23-19-21-10-16(17(20)26)18(24-19)22-13-4-2-12(11-25)3-5-13/h10,12-15,25H,2-9,11H2,1H3,(H2,20,26)(H2,21,22,23,24)/t12-,13+,14-,15-. The van der Waals surface area contributed by atoms with Crippen LogP contribution in [-0.4, -0.2) is 52.9 Å². The normalized spacial score (nSPS) is 28.5. The third-order valence-electron chi connectivity index (χ3n) is 5.84. The molecule has 2 aliphatic rings. The van der Waals surface area contributed by atoms with E-state index in [2.05, 4.69) is 20.6 Å². The van der Waals surface area contributed by atoms with Crippen LogP contribution in [0.25, 0.3) is 0 Å². The van der Waals surface area contributed by atoms with E-state index in [1.165, 1.54) is 6.20 Å². The molecule has 150 valence electrons. The van der Waals surface area contributed by atoms with Crippen LogP contribution in [-0.2, 0) is 4.74 Å². The van der Waals surface area contributed by atoms with Crippen LogP contribution in [0.5, 0.6) is 0 Å². The summed E-state index contributed by atoms with van der Waals surface area (Å²) in [4.78, 5) is 20.6. The van der Waals surface area contributed by atoms with Crippen molar-refractivity contribution in [2.45, 2.75) is 69.6 Å². The highest BCUT2D eigenvalue weighted by molar-refractivity contribution is 5.97. The fourth-order valence-electron chi connectivity index (χ4n) is 4.05. The first kappa shape index (κ1) is 19.8. The van der Waals surface area contributed by atoms with Gasteiger partial charge in [-0.2, -0.15) is 4.98 Å². The van der Waals surface area contributed by atoms with Gasteiger partial charge in [0.2, 0.25) is 5.95 Å². The van der Waals surface area contributed by atoms with E-state index in [0.717, 1.165) is 51.4 Å². The molecule has 8 nitrogen and oxygen atoms in total. The van der Waals surface area contributed by atoms with Crippen LogP contribution in [0, 0.1) is 5.92 Å². The second kappa shape index (κ2) is 9.32. The summed E-state index contributed by atoms with van der Waals surface area (Å²) in [5, 5.41) is 16.0. The lowest BCUT2D eigenvalue weighted by molar-refractivity contribution is 0.0681. The van der Waals surface area contributed by atoms with Crippen molar-refractivity contribution in [3.8, 4) is 0 Å². The van der Waals surface area contributed by atoms with E-state index in [9.17, 15) is 9.90 Å². The van der Waals surface area contributed by atoms with Gasteiger partial charge in [-0.3, -0.25) is 4.79 Å². The van der Waals surface area contributed by atoms with Crippen molar-refractivity contribution in [2.75, 3.05) is 24.4 Å². The second-order valence-corrected chi connectivity index (χ2v) is 7.72. The number of carbonyl (C=O) groups excluding carboxylic acids is 1. The number of aromatic nitrogens is 2. The highest BCUT2D eigenvalue weighted by Crippen LogP contribution is 2.28. The summed E-state index contributed by atoms with van der Waals surface area (Å²) in [7, 11) is 1.76. The van der Waals surface area contributed by atoms with E-state index in [1.54, 1.807) is 7.11 Å². The van der Waals surface area contributed by atoms with Gasteiger partial charge in [0, 0.05) is 32.0 Å². The number of amides is 1. The summed E-state index contributed by atoms with van der Waals surface area (Å²) in [5.41, 5.74) is 5.81. The van der Waals surface area contributed by atoms with Crippen molar-refractivity contribution in [3.05, 3.63) is 11.8 Å². The van der Waals surface area contributed by atoms with E-state index < -0.39 is 5.91 Å². The Morgan fingerprint density at radius 2 is 1.78 bits per heavy atom. The Bertz CT molecular complexity index is 626. The van der Waals surface area contributed by atoms with Crippen molar-refractivity contribution >= 4 is 17.7 Å². The first-order valence-corrected chi connectivity index (χ1v) is 9.92. The largest absolute Gasteiger partial charge is 0.396 e. The average Bonchev–Trinajstić information content (AvgIpc) is 2.69. The molecular weight excluding hydrogens is 346 g/mol. The molecule has 0 bridgehead atoms. The fourth-order valence-corrected chi connectivity index (χ4v) is 4.05. The number of ether oxygens (including phenoxy) is 1. The molecule has 27 heavy (non-hydrogen) atoms. The number of anilines is 2. The van der Waals surface area contributed by atoms with Crippen molar-refractivity contribution < 1.29 is 14.6 Å². The molecule has 2 saturated carbocycles. The van der Waals surface area contributed by atoms with E-state index in [0.29, 0.717) is 35.4 Å². The number of methoxy groups -OCH3 is 1. The van der Waals surface area contributed by atoms with E-state index >= 15 is 0 Å². The van der Waals surface area contributed by atoms with Gasteiger partial charge in [-0.1, -0.05) is 0 Å². The van der Waals surface area contributed by atoms with Crippen LogP contribution in [0.2, 0.25) is 0 Å². The molecule has 8 heteroatoms. The van der Waals surface area contributed by atoms with Gasteiger partial charge >= 0.3 is 0 Å². The first-order chi connectivity index (χ1) is 13.1. The van der Waals surface area contributed by atoms with E-state index in [4.69, 9.17) is 10.5 Å². The minimum atomic E-state index is -0.534. The summed E-state index contributed by atoms with van der Waals surface area (Å²) in [6.45, 7) is 0.242. The van der Waals surface area contributed by atoms with Crippen LogP contribution >= 0.6 is 0 Å². The number of carbonyl (C=O) groups is 1. The fraction of sp³-hybridized carbons (Fsp3) is 0.737. The maximum Gasteiger partial charge on any atom is 0.254 e. The number of aliphatic hydroxyl groups is 1. The zero-order valence-corrected chi connectivity index (χ0v) is 16.0. The number of primary amides is 1. The Hall–Kier alpha value is -1.93. The molecule has 1 amide bonds. The van der Waals surface area contributed by atoms with Crippen molar-refractivity contribution in [1.29, 1.82) is 0 Å². The van der Waals surface area contributed by atoms with Gasteiger partial charge in [-0.25, -0.2) is 4.98 Å². The minimum absolute atomic E-state index is 0.228. The molecular formula is C19H31N5O3. The molecule has 1 heterocycles. The number of hydrogen-bond acceptors (Lipinski definition) is 7. The van der Waals surface area contributed by atoms with Gasteiger partial charge in [0.05, 0.1) is 11.7 Å². The molecule has 0 aromatic carbocycles. The summed E-state index contributed by atoms with van der Waals surface area (Å²) >= 11 is 0. The van der Waals surface area contributed by atoms with Crippen molar-refractivity contribution in [3.63, 3.8) is 0 Å².